The van der Waals surface area contributed by atoms with E-state index in [9.17, 15) is 9.59 Å². The molecule has 0 aliphatic carbocycles. The second kappa shape index (κ2) is 6.93. The van der Waals surface area contributed by atoms with Crippen LogP contribution >= 0.6 is 12.9 Å². The van der Waals surface area contributed by atoms with E-state index in [0.717, 1.165) is 0 Å². The van der Waals surface area contributed by atoms with Gasteiger partial charge in [-0.3, -0.25) is 4.79 Å². The van der Waals surface area contributed by atoms with E-state index in [2.05, 4.69) is 17.1 Å². The average molecular weight is 190 g/mol. The Bertz CT molecular complexity index is 149. The number of aliphatic carboxylic acids is 2. The molecule has 2 N–H and O–H groups in total. The van der Waals surface area contributed by atoms with Gasteiger partial charge in [-0.05, 0) is 12.9 Å². The Morgan fingerprint density at radius 1 is 1.45 bits per heavy atom. The van der Waals surface area contributed by atoms with Gasteiger partial charge in [0.1, 0.15) is 0 Å². The number of rotatable bonds is 4. The summed E-state index contributed by atoms with van der Waals surface area (Å²) in [6.07, 6.45) is -1.96. The number of hydrogen-bond acceptors (Lipinski definition) is 4. The van der Waals surface area contributed by atoms with Crippen LogP contribution in [0.2, 0.25) is 0 Å². The van der Waals surface area contributed by atoms with E-state index in [1.165, 1.54) is 0 Å². The van der Waals surface area contributed by atoms with Crippen LogP contribution in [0.25, 0.3) is 0 Å². The van der Waals surface area contributed by atoms with Crippen molar-refractivity contribution >= 4 is 54.4 Å². The Balaban J connectivity index is 0. The molecular weight excluding hydrogens is 183 g/mol. The molecule has 0 bridgehead atoms. The number of thiol groups is 1. The van der Waals surface area contributed by atoms with Gasteiger partial charge in [0.2, 0.25) is 0 Å². The summed E-state index contributed by atoms with van der Waals surface area (Å²) in [4.78, 5) is 19.9. The third kappa shape index (κ3) is 6.64. The molecular formula is C4H7NaO5S. The van der Waals surface area contributed by atoms with Crippen LogP contribution in [0, 0.1) is 0 Å². The second-order valence-electron chi connectivity index (χ2n) is 1.53. The Kier molecular flexibility index (Phi) is 8.70. The van der Waals surface area contributed by atoms with E-state index in [4.69, 9.17) is 10.2 Å². The second-order valence-corrected chi connectivity index (χ2v) is 1.74. The van der Waals surface area contributed by atoms with Gasteiger partial charge in [0.15, 0.2) is 6.10 Å². The molecule has 0 radical (unpaired) electrons. The molecule has 0 saturated carbocycles. The van der Waals surface area contributed by atoms with Crippen LogP contribution in [0.3, 0.4) is 0 Å². The van der Waals surface area contributed by atoms with E-state index in [1.54, 1.807) is 0 Å². The average Bonchev–Trinajstić information content (AvgIpc) is 1.81. The first-order valence-electron chi connectivity index (χ1n) is 2.32. The van der Waals surface area contributed by atoms with E-state index in [0.29, 0.717) is 0 Å². The van der Waals surface area contributed by atoms with Crippen molar-refractivity contribution in [2.24, 2.45) is 0 Å². The molecule has 60 valence electrons. The molecule has 1 atom stereocenters. The van der Waals surface area contributed by atoms with Crippen LogP contribution in [-0.2, 0) is 13.8 Å². The number of carboxylic acid groups (broad SMARTS) is 2. The van der Waals surface area contributed by atoms with Crippen molar-refractivity contribution in [2.45, 2.75) is 12.5 Å². The predicted octanol–water partition coefficient (Wildman–Crippen LogP) is -0.873. The molecule has 0 fully saturated rings. The van der Waals surface area contributed by atoms with E-state index in [-0.39, 0.29) is 29.6 Å². The van der Waals surface area contributed by atoms with Crippen molar-refractivity contribution in [3.63, 3.8) is 0 Å². The molecule has 11 heavy (non-hydrogen) atoms. The zero-order valence-electron chi connectivity index (χ0n) is 4.85. The zero-order valence-corrected chi connectivity index (χ0v) is 5.75. The first-order valence-corrected chi connectivity index (χ1v) is 2.69. The Hall–Kier alpha value is 0.250. The van der Waals surface area contributed by atoms with Crippen molar-refractivity contribution in [1.82, 2.24) is 0 Å². The molecule has 0 spiro atoms. The first-order chi connectivity index (χ1) is 4.57. The Labute approximate surface area is 90.6 Å². The fourth-order valence-corrected chi connectivity index (χ4v) is 0.493. The van der Waals surface area contributed by atoms with E-state index < -0.39 is 24.5 Å². The van der Waals surface area contributed by atoms with Gasteiger partial charge >= 0.3 is 41.5 Å². The van der Waals surface area contributed by atoms with Gasteiger partial charge in [0.05, 0.1) is 6.42 Å². The molecule has 0 aromatic rings. The van der Waals surface area contributed by atoms with Gasteiger partial charge in [0, 0.05) is 0 Å². The minimum atomic E-state index is -1.37. The minimum absolute atomic E-state index is 0. The van der Waals surface area contributed by atoms with Crippen molar-refractivity contribution in [1.29, 1.82) is 0 Å². The monoisotopic (exact) mass is 190 g/mol. The van der Waals surface area contributed by atoms with Crippen molar-refractivity contribution in [3.05, 3.63) is 0 Å². The summed E-state index contributed by atoms with van der Waals surface area (Å²) in [7, 11) is 0. The van der Waals surface area contributed by atoms with Gasteiger partial charge in [-0.1, -0.05) is 0 Å². The zero-order chi connectivity index (χ0) is 8.15. The molecule has 0 aromatic carbocycles. The molecule has 0 amide bonds. The van der Waals surface area contributed by atoms with Gasteiger partial charge < -0.3 is 14.4 Å². The summed E-state index contributed by atoms with van der Waals surface area (Å²) in [5, 5.41) is 16.3. The van der Waals surface area contributed by atoms with Crippen LogP contribution in [0.1, 0.15) is 6.42 Å². The van der Waals surface area contributed by atoms with Gasteiger partial charge in [-0.25, -0.2) is 4.79 Å². The SMILES string of the molecule is O=C(O)CC(OS)C(=O)O.[NaH]. The molecule has 0 rings (SSSR count). The summed E-state index contributed by atoms with van der Waals surface area (Å²) < 4.78 is 4.04. The molecule has 5 nitrogen and oxygen atoms in total. The molecule has 0 aromatic heterocycles. The van der Waals surface area contributed by atoms with Crippen LogP contribution in [0.15, 0.2) is 0 Å². The molecule has 0 saturated heterocycles. The fourth-order valence-electron chi connectivity index (χ4n) is 0.328. The molecule has 0 heterocycles. The van der Waals surface area contributed by atoms with Crippen molar-refractivity contribution < 1.29 is 24.0 Å². The summed E-state index contributed by atoms with van der Waals surface area (Å²) in [6, 6.07) is 0. The van der Waals surface area contributed by atoms with Crippen LogP contribution in [0.4, 0.5) is 0 Å². The maximum atomic E-state index is 10.0. The van der Waals surface area contributed by atoms with Gasteiger partial charge in [-0.2, -0.15) is 0 Å². The van der Waals surface area contributed by atoms with E-state index in [1.807, 2.05) is 0 Å². The summed E-state index contributed by atoms with van der Waals surface area (Å²) >= 11 is 3.19. The van der Waals surface area contributed by atoms with Crippen LogP contribution < -0.4 is 0 Å². The van der Waals surface area contributed by atoms with Crippen LogP contribution in [-0.4, -0.2) is 57.8 Å². The summed E-state index contributed by atoms with van der Waals surface area (Å²) in [5.41, 5.74) is 0. The summed E-state index contributed by atoms with van der Waals surface area (Å²) in [6.45, 7) is 0. The van der Waals surface area contributed by atoms with Crippen molar-refractivity contribution in [2.75, 3.05) is 0 Å². The third-order valence-corrected chi connectivity index (χ3v) is 1.02. The normalized spacial score (nSPS) is 11.4. The first kappa shape index (κ1) is 13.8. The predicted molar refractivity (Wildman–Crippen MR) is 40.9 cm³/mol. The van der Waals surface area contributed by atoms with Crippen LogP contribution in [0.5, 0.6) is 0 Å². The quantitative estimate of drug-likeness (QED) is 0.305. The maximum absolute atomic E-state index is 10.0. The molecule has 0 aliphatic rings. The Morgan fingerprint density at radius 2 is 1.91 bits per heavy atom. The topological polar surface area (TPSA) is 83.8 Å². The molecule has 0 aliphatic heterocycles. The standard InChI is InChI=1S/C4H6O5S.Na.H/c5-3(6)1-2(9-10)4(7)8;;/h2,10H,1H2,(H,5,6)(H,7,8);;. The third-order valence-electron chi connectivity index (χ3n) is 0.763. The van der Waals surface area contributed by atoms with Crippen molar-refractivity contribution in [3.8, 4) is 0 Å². The molecule has 1 unspecified atom stereocenters. The Morgan fingerprint density at radius 3 is 2.00 bits per heavy atom. The van der Waals surface area contributed by atoms with Gasteiger partial charge in [0.25, 0.3) is 0 Å². The number of carbonyl (C=O) groups is 2. The number of hydrogen-bond donors (Lipinski definition) is 3. The van der Waals surface area contributed by atoms with E-state index >= 15 is 0 Å². The van der Waals surface area contributed by atoms with Gasteiger partial charge in [-0.15, -0.1) is 0 Å². The fraction of sp³-hybridized carbons (Fsp3) is 0.500. The number of carboxylic acids is 2. The summed E-state index contributed by atoms with van der Waals surface area (Å²) in [5.74, 6) is -2.57. The molecule has 7 heteroatoms.